The number of likely N-dealkylation sites (N-methyl/N-ethyl adjacent to an activating group) is 1. The van der Waals surface area contributed by atoms with Gasteiger partial charge in [0.05, 0.1) is 16.9 Å². The number of rotatable bonds is 6. The lowest BCUT2D eigenvalue weighted by Crippen LogP contribution is -2.36. The van der Waals surface area contributed by atoms with E-state index in [1.54, 1.807) is 11.3 Å². The van der Waals surface area contributed by atoms with E-state index in [1.807, 2.05) is 61.3 Å². The van der Waals surface area contributed by atoms with E-state index in [0.29, 0.717) is 6.54 Å². The number of amides is 1. The van der Waals surface area contributed by atoms with Crippen LogP contribution < -0.4 is 5.32 Å². The third-order valence-corrected chi connectivity index (χ3v) is 4.36. The summed E-state index contributed by atoms with van der Waals surface area (Å²) in [5.74, 6) is 0.0245. The van der Waals surface area contributed by atoms with Gasteiger partial charge in [-0.3, -0.25) is 9.69 Å². The molecule has 0 saturated heterocycles. The summed E-state index contributed by atoms with van der Waals surface area (Å²) in [5.41, 5.74) is 1.11. The first-order valence-electron chi connectivity index (χ1n) is 6.81. The van der Waals surface area contributed by atoms with Gasteiger partial charge in [-0.05, 0) is 31.7 Å². The number of benzene rings is 1. The number of thiophene rings is 1. The predicted molar refractivity (Wildman–Crippen MR) is 88.7 cm³/mol. The van der Waals surface area contributed by atoms with Crippen molar-refractivity contribution >= 4 is 28.8 Å². The summed E-state index contributed by atoms with van der Waals surface area (Å²) in [4.78, 5) is 15.2. The molecule has 1 aromatic heterocycles. The maximum absolute atomic E-state index is 12.1. The fourth-order valence-corrected chi connectivity index (χ4v) is 3.28. The molecule has 1 heterocycles. The number of nitrogens with one attached hydrogen (secondary N) is 1. The lowest BCUT2D eigenvalue weighted by molar-refractivity contribution is -0.122. The Hall–Kier alpha value is -1.36. The minimum atomic E-state index is 0.0169. The molecule has 0 unspecified atom stereocenters. The van der Waals surface area contributed by atoms with Crippen LogP contribution in [-0.2, 0) is 11.3 Å². The quantitative estimate of drug-likeness (QED) is 0.879. The molecule has 0 aliphatic rings. The molecule has 2 aromatic rings. The molecule has 1 atom stereocenters. The molecule has 21 heavy (non-hydrogen) atoms. The van der Waals surface area contributed by atoms with E-state index in [2.05, 4.69) is 5.32 Å². The summed E-state index contributed by atoms with van der Waals surface area (Å²) >= 11 is 7.45. The van der Waals surface area contributed by atoms with Crippen LogP contribution in [0.2, 0.25) is 4.34 Å². The Morgan fingerprint density at radius 1 is 1.29 bits per heavy atom. The minimum absolute atomic E-state index is 0.0169. The topological polar surface area (TPSA) is 32.3 Å². The van der Waals surface area contributed by atoms with E-state index < -0.39 is 0 Å². The monoisotopic (exact) mass is 322 g/mol. The van der Waals surface area contributed by atoms with Gasteiger partial charge < -0.3 is 5.32 Å². The second kappa shape index (κ2) is 7.59. The highest BCUT2D eigenvalue weighted by Crippen LogP contribution is 2.22. The van der Waals surface area contributed by atoms with Gasteiger partial charge in [0.15, 0.2) is 0 Å². The minimum Gasteiger partial charge on any atom is -0.348 e. The van der Waals surface area contributed by atoms with E-state index in [0.717, 1.165) is 21.3 Å². The Morgan fingerprint density at radius 3 is 2.62 bits per heavy atom. The van der Waals surface area contributed by atoms with Crippen molar-refractivity contribution in [3.05, 3.63) is 57.2 Å². The molecular formula is C16H19ClN2OS. The molecule has 0 radical (unpaired) electrons. The molecule has 1 aromatic carbocycles. The summed E-state index contributed by atoms with van der Waals surface area (Å²) in [6.07, 6.45) is 0. The number of carbonyl (C=O) groups excluding carboxylic acids is 1. The summed E-state index contributed by atoms with van der Waals surface area (Å²) in [7, 11) is 1.93. The van der Waals surface area contributed by atoms with Crippen molar-refractivity contribution in [2.24, 2.45) is 0 Å². The van der Waals surface area contributed by atoms with Crippen LogP contribution in [0.25, 0.3) is 0 Å². The van der Waals surface area contributed by atoms with Gasteiger partial charge in [0.25, 0.3) is 0 Å². The molecule has 0 bridgehead atoms. The highest BCUT2D eigenvalue weighted by molar-refractivity contribution is 7.16. The number of carbonyl (C=O) groups is 1. The van der Waals surface area contributed by atoms with E-state index in [-0.39, 0.29) is 11.9 Å². The van der Waals surface area contributed by atoms with Gasteiger partial charge >= 0.3 is 0 Å². The zero-order chi connectivity index (χ0) is 15.2. The Morgan fingerprint density at radius 2 is 2.00 bits per heavy atom. The lowest BCUT2D eigenvalue weighted by atomic mass is 10.1. The second-order valence-electron chi connectivity index (χ2n) is 5.08. The molecule has 1 N–H and O–H groups in total. The summed E-state index contributed by atoms with van der Waals surface area (Å²) < 4.78 is 0.778. The largest absolute Gasteiger partial charge is 0.348 e. The van der Waals surface area contributed by atoms with Gasteiger partial charge in [-0.25, -0.2) is 0 Å². The molecule has 0 saturated carbocycles. The third-order valence-electron chi connectivity index (χ3n) is 3.15. The molecule has 2 rings (SSSR count). The van der Waals surface area contributed by atoms with E-state index in [9.17, 15) is 4.79 Å². The van der Waals surface area contributed by atoms with Gasteiger partial charge in [0, 0.05) is 11.4 Å². The van der Waals surface area contributed by atoms with Crippen LogP contribution >= 0.6 is 22.9 Å². The smallest absolute Gasteiger partial charge is 0.234 e. The molecule has 0 fully saturated rings. The van der Waals surface area contributed by atoms with Crippen molar-refractivity contribution in [1.82, 2.24) is 10.2 Å². The second-order valence-corrected chi connectivity index (χ2v) is 6.88. The Labute approximate surface area is 134 Å². The average molecular weight is 323 g/mol. The number of hydrogen-bond donors (Lipinski definition) is 1. The first-order chi connectivity index (χ1) is 10.0. The zero-order valence-electron chi connectivity index (χ0n) is 12.2. The third kappa shape index (κ3) is 5.16. The maximum atomic E-state index is 12.1. The van der Waals surface area contributed by atoms with E-state index in [4.69, 9.17) is 11.6 Å². The SMILES string of the molecule is C[C@H](NC(=O)CN(C)Cc1ccc(Cl)s1)c1ccccc1. The molecule has 112 valence electrons. The standard InChI is InChI=1S/C16H19ClN2OS/c1-12(13-6-4-3-5-7-13)18-16(20)11-19(2)10-14-8-9-15(17)21-14/h3-9,12H,10-11H2,1-2H3,(H,18,20)/t12-/m0/s1. The van der Waals surface area contributed by atoms with Crippen LogP contribution in [0, 0.1) is 0 Å². The molecule has 0 aliphatic heterocycles. The number of hydrogen-bond acceptors (Lipinski definition) is 3. The van der Waals surface area contributed by atoms with Gasteiger partial charge in [-0.15, -0.1) is 11.3 Å². The highest BCUT2D eigenvalue weighted by Gasteiger charge is 2.12. The Kier molecular flexibility index (Phi) is 5.79. The van der Waals surface area contributed by atoms with Gasteiger partial charge in [0.1, 0.15) is 0 Å². The molecular weight excluding hydrogens is 304 g/mol. The number of halogens is 1. The van der Waals surface area contributed by atoms with Crippen LogP contribution in [0.1, 0.15) is 23.4 Å². The zero-order valence-corrected chi connectivity index (χ0v) is 13.7. The van der Waals surface area contributed by atoms with Gasteiger partial charge in [-0.2, -0.15) is 0 Å². The van der Waals surface area contributed by atoms with Crippen LogP contribution in [0.4, 0.5) is 0 Å². The van der Waals surface area contributed by atoms with Crippen molar-refractivity contribution in [2.45, 2.75) is 19.5 Å². The van der Waals surface area contributed by atoms with Crippen molar-refractivity contribution < 1.29 is 4.79 Å². The van der Waals surface area contributed by atoms with Crippen molar-refractivity contribution in [2.75, 3.05) is 13.6 Å². The Bertz CT molecular complexity index is 585. The van der Waals surface area contributed by atoms with Gasteiger partial charge in [0.2, 0.25) is 5.91 Å². The van der Waals surface area contributed by atoms with Crippen molar-refractivity contribution in [3.8, 4) is 0 Å². The van der Waals surface area contributed by atoms with Crippen LogP contribution in [-0.4, -0.2) is 24.4 Å². The molecule has 1 amide bonds. The Balaban J connectivity index is 1.81. The number of nitrogens with zero attached hydrogens (tertiary/aromatic N) is 1. The normalized spacial score (nSPS) is 12.4. The van der Waals surface area contributed by atoms with Gasteiger partial charge in [-0.1, -0.05) is 41.9 Å². The fraction of sp³-hybridized carbons (Fsp3) is 0.312. The van der Waals surface area contributed by atoms with E-state index in [1.165, 1.54) is 0 Å². The predicted octanol–water partition coefficient (Wildman–Crippen LogP) is 3.71. The van der Waals surface area contributed by atoms with Crippen molar-refractivity contribution in [3.63, 3.8) is 0 Å². The van der Waals surface area contributed by atoms with E-state index >= 15 is 0 Å². The maximum Gasteiger partial charge on any atom is 0.234 e. The molecule has 0 aliphatic carbocycles. The fourth-order valence-electron chi connectivity index (χ4n) is 2.12. The summed E-state index contributed by atoms with van der Waals surface area (Å²) in [6.45, 7) is 3.09. The van der Waals surface area contributed by atoms with Crippen LogP contribution in [0.15, 0.2) is 42.5 Å². The van der Waals surface area contributed by atoms with Crippen molar-refractivity contribution in [1.29, 1.82) is 0 Å². The summed E-state index contributed by atoms with van der Waals surface area (Å²) in [5, 5.41) is 3.01. The first-order valence-corrected chi connectivity index (χ1v) is 8.01. The molecule has 5 heteroatoms. The molecule has 0 spiro atoms. The average Bonchev–Trinajstić information content (AvgIpc) is 2.84. The lowest BCUT2D eigenvalue weighted by Gasteiger charge is -2.18. The van der Waals surface area contributed by atoms with Crippen LogP contribution in [0.3, 0.4) is 0 Å². The summed E-state index contributed by atoms with van der Waals surface area (Å²) in [6, 6.07) is 13.8. The highest BCUT2D eigenvalue weighted by atomic mass is 35.5. The first kappa shape index (κ1) is 16.0. The molecule has 3 nitrogen and oxygen atoms in total. The van der Waals surface area contributed by atoms with Crippen LogP contribution in [0.5, 0.6) is 0 Å².